The van der Waals surface area contributed by atoms with E-state index >= 15 is 0 Å². The Labute approximate surface area is 159 Å². The summed E-state index contributed by atoms with van der Waals surface area (Å²) < 4.78 is 11.2. The van der Waals surface area contributed by atoms with Crippen molar-refractivity contribution >= 4 is 11.9 Å². The molecule has 0 heterocycles. The van der Waals surface area contributed by atoms with E-state index in [0.29, 0.717) is 25.3 Å². The fourth-order valence-electron chi connectivity index (χ4n) is 2.57. The zero-order valence-corrected chi connectivity index (χ0v) is 15.4. The first kappa shape index (κ1) is 20.3. The van der Waals surface area contributed by atoms with Crippen molar-refractivity contribution in [2.45, 2.75) is 25.7 Å². The smallest absolute Gasteiger partial charge is 0.303 e. The van der Waals surface area contributed by atoms with Crippen molar-refractivity contribution in [1.29, 1.82) is 0 Å². The van der Waals surface area contributed by atoms with Crippen LogP contribution in [0.3, 0.4) is 0 Å². The molecule has 0 fully saturated rings. The zero-order chi connectivity index (χ0) is 19.5. The molecule has 0 aliphatic rings. The minimum absolute atomic E-state index is 0.0155. The number of aliphatic carboxylic acids is 1. The molecule has 0 unspecified atom stereocenters. The molecule has 2 rings (SSSR count). The lowest BCUT2D eigenvalue weighted by Crippen LogP contribution is -2.26. The van der Waals surface area contributed by atoms with Crippen LogP contribution in [0.15, 0.2) is 48.5 Å². The van der Waals surface area contributed by atoms with Crippen LogP contribution >= 0.6 is 0 Å². The Morgan fingerprint density at radius 1 is 1.04 bits per heavy atom. The zero-order valence-electron chi connectivity index (χ0n) is 15.4. The van der Waals surface area contributed by atoms with E-state index in [-0.39, 0.29) is 18.7 Å². The van der Waals surface area contributed by atoms with Crippen molar-refractivity contribution in [3.63, 3.8) is 0 Å². The highest BCUT2D eigenvalue weighted by Gasteiger charge is 2.09. The highest BCUT2D eigenvalue weighted by atomic mass is 16.5. The van der Waals surface area contributed by atoms with Crippen LogP contribution in [0.1, 0.15) is 24.0 Å². The van der Waals surface area contributed by atoms with Crippen molar-refractivity contribution in [1.82, 2.24) is 5.32 Å². The maximum atomic E-state index is 11.6. The summed E-state index contributed by atoms with van der Waals surface area (Å²) in [6.45, 7) is 0.953. The van der Waals surface area contributed by atoms with Gasteiger partial charge in [-0.15, -0.1) is 0 Å². The number of hydrogen-bond acceptors (Lipinski definition) is 4. The molecule has 0 saturated carbocycles. The minimum atomic E-state index is -0.977. The fraction of sp³-hybridized carbons (Fsp3) is 0.333. The van der Waals surface area contributed by atoms with Crippen LogP contribution in [0.25, 0.3) is 0 Å². The first-order chi connectivity index (χ1) is 13.1. The van der Waals surface area contributed by atoms with Gasteiger partial charge in [-0.1, -0.05) is 36.4 Å². The average Bonchev–Trinajstić information content (AvgIpc) is 2.68. The third-order valence-corrected chi connectivity index (χ3v) is 4.05. The number of carbonyl (C=O) groups is 2. The number of carboxylic acids is 1. The second-order valence-electron chi connectivity index (χ2n) is 6.05. The van der Waals surface area contributed by atoms with Crippen LogP contribution in [0, 0.1) is 0 Å². The monoisotopic (exact) mass is 371 g/mol. The largest absolute Gasteiger partial charge is 0.497 e. The Morgan fingerprint density at radius 3 is 2.52 bits per heavy atom. The van der Waals surface area contributed by atoms with Crippen LogP contribution in [-0.4, -0.2) is 37.2 Å². The lowest BCUT2D eigenvalue weighted by Gasteiger charge is -2.13. The number of hydrogen-bond donors (Lipinski definition) is 2. The van der Waals surface area contributed by atoms with E-state index in [1.165, 1.54) is 5.56 Å². The Bertz CT molecular complexity index is 745. The summed E-state index contributed by atoms with van der Waals surface area (Å²) in [7, 11) is 1.60. The van der Waals surface area contributed by atoms with Crippen LogP contribution in [0.5, 0.6) is 11.5 Å². The van der Waals surface area contributed by atoms with Crippen molar-refractivity contribution in [3.8, 4) is 11.5 Å². The molecule has 0 bridgehead atoms. The lowest BCUT2D eigenvalue weighted by atomic mass is 10.1. The van der Waals surface area contributed by atoms with E-state index in [4.69, 9.17) is 14.6 Å². The summed E-state index contributed by atoms with van der Waals surface area (Å²) >= 11 is 0. The van der Waals surface area contributed by atoms with Crippen LogP contribution in [-0.2, 0) is 22.4 Å². The molecular formula is C21H25NO5. The molecular weight excluding hydrogens is 346 g/mol. The molecule has 0 saturated heterocycles. The van der Waals surface area contributed by atoms with Gasteiger partial charge in [0.2, 0.25) is 5.91 Å². The van der Waals surface area contributed by atoms with E-state index in [9.17, 15) is 9.59 Å². The summed E-state index contributed by atoms with van der Waals surface area (Å²) in [5, 5.41) is 11.3. The van der Waals surface area contributed by atoms with Gasteiger partial charge >= 0.3 is 5.97 Å². The third kappa shape index (κ3) is 7.40. The molecule has 27 heavy (non-hydrogen) atoms. The van der Waals surface area contributed by atoms with Crippen molar-refractivity contribution < 1.29 is 24.2 Å². The van der Waals surface area contributed by atoms with E-state index in [2.05, 4.69) is 17.4 Å². The number of amides is 1. The molecule has 2 aromatic rings. The molecule has 0 aliphatic carbocycles. The lowest BCUT2D eigenvalue weighted by molar-refractivity contribution is -0.138. The molecule has 0 aliphatic heterocycles. The van der Waals surface area contributed by atoms with Gasteiger partial charge in [-0.2, -0.15) is 0 Å². The van der Waals surface area contributed by atoms with Crippen LogP contribution < -0.4 is 14.8 Å². The quantitative estimate of drug-likeness (QED) is 0.634. The Hall–Kier alpha value is -3.02. The topological polar surface area (TPSA) is 84.9 Å². The summed E-state index contributed by atoms with van der Waals surface area (Å²) in [6, 6.07) is 15.7. The fourth-order valence-corrected chi connectivity index (χ4v) is 2.57. The summed E-state index contributed by atoms with van der Waals surface area (Å²) in [5.74, 6) is 0.191. The molecule has 2 aromatic carbocycles. The predicted molar refractivity (Wildman–Crippen MR) is 102 cm³/mol. The van der Waals surface area contributed by atoms with Gasteiger partial charge in [0.1, 0.15) is 11.5 Å². The van der Waals surface area contributed by atoms with Crippen molar-refractivity contribution in [2.75, 3.05) is 20.3 Å². The van der Waals surface area contributed by atoms with Gasteiger partial charge in [0.25, 0.3) is 0 Å². The maximum Gasteiger partial charge on any atom is 0.303 e. The van der Waals surface area contributed by atoms with E-state index in [1.807, 2.05) is 36.4 Å². The number of rotatable bonds is 11. The Kier molecular flexibility index (Phi) is 8.16. The molecule has 144 valence electrons. The van der Waals surface area contributed by atoms with Gasteiger partial charge in [-0.25, -0.2) is 0 Å². The maximum absolute atomic E-state index is 11.6. The summed E-state index contributed by atoms with van der Waals surface area (Å²) in [6.07, 6.45) is 1.20. The molecule has 0 spiro atoms. The molecule has 0 aromatic heterocycles. The van der Waals surface area contributed by atoms with E-state index in [0.717, 1.165) is 17.7 Å². The van der Waals surface area contributed by atoms with Crippen LogP contribution in [0.4, 0.5) is 0 Å². The van der Waals surface area contributed by atoms with E-state index < -0.39 is 5.97 Å². The molecule has 1 amide bonds. The molecule has 2 N–H and O–H groups in total. The van der Waals surface area contributed by atoms with Crippen LogP contribution in [0.2, 0.25) is 0 Å². The Balaban J connectivity index is 1.89. The minimum Gasteiger partial charge on any atom is -0.497 e. The summed E-state index contributed by atoms with van der Waals surface area (Å²) in [5.41, 5.74) is 2.16. The third-order valence-electron chi connectivity index (χ3n) is 4.05. The van der Waals surface area contributed by atoms with Gasteiger partial charge in [0.05, 0.1) is 20.1 Å². The first-order valence-electron chi connectivity index (χ1n) is 8.90. The second-order valence-corrected chi connectivity index (χ2v) is 6.05. The van der Waals surface area contributed by atoms with Gasteiger partial charge in [0, 0.05) is 25.5 Å². The average molecular weight is 371 g/mol. The van der Waals surface area contributed by atoms with Gasteiger partial charge in [-0.05, 0) is 23.6 Å². The van der Waals surface area contributed by atoms with Gasteiger partial charge in [0.15, 0.2) is 0 Å². The molecule has 6 heteroatoms. The highest BCUT2D eigenvalue weighted by molar-refractivity contribution is 5.80. The Morgan fingerprint density at radius 2 is 1.81 bits per heavy atom. The van der Waals surface area contributed by atoms with Gasteiger partial charge < -0.3 is 19.9 Å². The first-order valence-corrected chi connectivity index (χ1v) is 8.90. The number of carbonyl (C=O) groups excluding carboxylic acids is 1. The standard InChI is InChI=1S/C21H25NO5/c1-26-18-8-7-17(11-13-22-20(23)9-10-21(24)25)19(15-18)27-14-12-16-5-3-2-4-6-16/h2-8,15H,9-14H2,1H3,(H,22,23)(H,24,25). The van der Waals surface area contributed by atoms with E-state index in [1.54, 1.807) is 7.11 Å². The predicted octanol–water partition coefficient (Wildman–Crippen LogP) is 2.84. The number of nitrogens with one attached hydrogen (secondary N) is 1. The normalized spacial score (nSPS) is 10.3. The molecule has 0 atom stereocenters. The molecule has 0 radical (unpaired) electrons. The summed E-state index contributed by atoms with van der Waals surface area (Å²) in [4.78, 5) is 22.1. The molecule has 6 nitrogen and oxygen atoms in total. The highest BCUT2D eigenvalue weighted by Crippen LogP contribution is 2.25. The SMILES string of the molecule is COc1ccc(CCNC(=O)CCC(=O)O)c(OCCc2ccccc2)c1. The number of benzene rings is 2. The van der Waals surface area contributed by atoms with Gasteiger partial charge in [-0.3, -0.25) is 9.59 Å². The second kappa shape index (κ2) is 10.9. The number of carboxylic acid groups (broad SMARTS) is 1. The number of ether oxygens (including phenoxy) is 2. The van der Waals surface area contributed by atoms with Crippen molar-refractivity contribution in [2.24, 2.45) is 0 Å². The number of methoxy groups -OCH3 is 1. The van der Waals surface area contributed by atoms with Crippen molar-refractivity contribution in [3.05, 3.63) is 59.7 Å².